The SMILES string of the molecule is C/C=C/CCC1COC(c2ccc(-c3ccc(C)c(F)c3)c(F)c2)OC1. The van der Waals surface area contributed by atoms with Crippen LogP contribution in [0.5, 0.6) is 0 Å². The van der Waals surface area contributed by atoms with E-state index in [1.165, 1.54) is 12.1 Å². The average molecular weight is 358 g/mol. The summed E-state index contributed by atoms with van der Waals surface area (Å²) in [6.07, 6.45) is 5.65. The van der Waals surface area contributed by atoms with Gasteiger partial charge in [0.25, 0.3) is 0 Å². The van der Waals surface area contributed by atoms with Crippen LogP contribution in [0, 0.1) is 24.5 Å². The summed E-state index contributed by atoms with van der Waals surface area (Å²) < 4.78 is 39.9. The predicted octanol–water partition coefficient (Wildman–Crippen LogP) is 5.96. The van der Waals surface area contributed by atoms with Crippen LogP contribution >= 0.6 is 0 Å². The molecule has 2 aromatic rings. The van der Waals surface area contributed by atoms with E-state index < -0.39 is 12.1 Å². The second kappa shape index (κ2) is 8.56. The minimum Gasteiger partial charge on any atom is -0.348 e. The molecule has 4 heteroatoms. The van der Waals surface area contributed by atoms with Crippen LogP contribution in [0.4, 0.5) is 8.78 Å². The van der Waals surface area contributed by atoms with E-state index in [9.17, 15) is 8.78 Å². The van der Waals surface area contributed by atoms with E-state index in [-0.39, 0.29) is 5.82 Å². The molecule has 1 aliphatic heterocycles. The van der Waals surface area contributed by atoms with Crippen molar-refractivity contribution in [2.24, 2.45) is 5.92 Å². The Morgan fingerprint density at radius 3 is 2.46 bits per heavy atom. The molecule has 2 nitrogen and oxygen atoms in total. The second-order valence-electron chi connectivity index (χ2n) is 6.71. The van der Waals surface area contributed by atoms with Gasteiger partial charge in [-0.25, -0.2) is 8.78 Å². The highest BCUT2D eigenvalue weighted by molar-refractivity contribution is 5.65. The minimum absolute atomic E-state index is 0.339. The van der Waals surface area contributed by atoms with Crippen LogP contribution in [0.3, 0.4) is 0 Å². The standard InChI is InChI=1S/C22H24F2O2/c1-3-4-5-6-16-13-25-22(26-14-16)18-9-10-19(21(24)12-18)17-8-7-15(2)20(23)11-17/h3-4,7-12,16,22H,5-6,13-14H2,1-2H3/b4-3+. The van der Waals surface area contributed by atoms with Crippen LogP contribution in [-0.4, -0.2) is 13.2 Å². The van der Waals surface area contributed by atoms with Crippen molar-refractivity contribution in [3.05, 3.63) is 71.3 Å². The molecule has 1 fully saturated rings. The Hall–Kier alpha value is -2.04. The number of hydrogen-bond acceptors (Lipinski definition) is 2. The van der Waals surface area contributed by atoms with Crippen molar-refractivity contribution in [1.82, 2.24) is 0 Å². The monoisotopic (exact) mass is 358 g/mol. The maximum absolute atomic E-state index is 14.6. The summed E-state index contributed by atoms with van der Waals surface area (Å²) in [7, 11) is 0. The lowest BCUT2D eigenvalue weighted by atomic mass is 10.0. The molecule has 1 aliphatic rings. The van der Waals surface area contributed by atoms with Crippen LogP contribution < -0.4 is 0 Å². The Labute approximate surface area is 153 Å². The van der Waals surface area contributed by atoms with Crippen LogP contribution in [0.25, 0.3) is 11.1 Å². The van der Waals surface area contributed by atoms with Gasteiger partial charge >= 0.3 is 0 Å². The van der Waals surface area contributed by atoms with E-state index in [1.807, 2.05) is 13.0 Å². The molecule has 2 aromatic carbocycles. The van der Waals surface area contributed by atoms with Gasteiger partial charge in [-0.2, -0.15) is 0 Å². The van der Waals surface area contributed by atoms with Crippen LogP contribution in [0.1, 0.15) is 37.2 Å². The summed E-state index contributed by atoms with van der Waals surface area (Å²) in [5.74, 6) is -0.385. The fourth-order valence-corrected chi connectivity index (χ4v) is 3.07. The molecule has 0 N–H and O–H groups in total. The fourth-order valence-electron chi connectivity index (χ4n) is 3.07. The van der Waals surface area contributed by atoms with Gasteiger partial charge in [0.15, 0.2) is 6.29 Å². The first kappa shape index (κ1) is 18.7. The number of aryl methyl sites for hydroxylation is 1. The zero-order chi connectivity index (χ0) is 18.5. The molecular formula is C22H24F2O2. The van der Waals surface area contributed by atoms with Crippen molar-refractivity contribution in [2.45, 2.75) is 33.0 Å². The quantitative estimate of drug-likeness (QED) is 0.614. The first-order valence-electron chi connectivity index (χ1n) is 8.99. The van der Waals surface area contributed by atoms with Crippen molar-refractivity contribution in [2.75, 3.05) is 13.2 Å². The lowest BCUT2D eigenvalue weighted by Crippen LogP contribution is -2.27. The Kier molecular flexibility index (Phi) is 6.17. The van der Waals surface area contributed by atoms with Crippen LogP contribution in [-0.2, 0) is 9.47 Å². The van der Waals surface area contributed by atoms with Crippen molar-refractivity contribution in [1.29, 1.82) is 0 Å². The van der Waals surface area contributed by atoms with Gasteiger partial charge in [0.2, 0.25) is 0 Å². The largest absolute Gasteiger partial charge is 0.348 e. The maximum atomic E-state index is 14.6. The third kappa shape index (κ3) is 4.37. The van der Waals surface area contributed by atoms with E-state index in [4.69, 9.17) is 9.47 Å². The van der Waals surface area contributed by atoms with Gasteiger partial charge < -0.3 is 9.47 Å². The van der Waals surface area contributed by atoms with Gasteiger partial charge in [-0.05, 0) is 49.9 Å². The molecule has 0 amide bonds. The smallest absolute Gasteiger partial charge is 0.183 e. The number of halogens is 2. The molecule has 0 spiro atoms. The molecule has 1 saturated heterocycles. The highest BCUT2D eigenvalue weighted by atomic mass is 19.1. The molecule has 0 bridgehead atoms. The molecule has 0 aromatic heterocycles. The topological polar surface area (TPSA) is 18.5 Å². The lowest BCUT2D eigenvalue weighted by molar-refractivity contribution is -0.205. The summed E-state index contributed by atoms with van der Waals surface area (Å²) in [6.45, 7) is 4.90. The molecule has 0 atom stereocenters. The molecule has 3 rings (SSSR count). The minimum atomic E-state index is -0.550. The molecule has 0 radical (unpaired) electrons. The third-order valence-corrected chi connectivity index (χ3v) is 4.69. The summed E-state index contributed by atoms with van der Waals surface area (Å²) in [5.41, 5.74) is 2.07. The van der Waals surface area contributed by atoms with Crippen molar-refractivity contribution >= 4 is 0 Å². The number of benzene rings is 2. The van der Waals surface area contributed by atoms with Crippen molar-refractivity contribution in [3.8, 4) is 11.1 Å². The summed E-state index contributed by atoms with van der Waals surface area (Å²) >= 11 is 0. The highest BCUT2D eigenvalue weighted by Gasteiger charge is 2.24. The first-order chi connectivity index (χ1) is 12.6. The number of ether oxygens (including phenoxy) is 2. The molecule has 0 aliphatic carbocycles. The second-order valence-corrected chi connectivity index (χ2v) is 6.71. The van der Waals surface area contributed by atoms with Gasteiger partial charge in [-0.3, -0.25) is 0 Å². The van der Waals surface area contributed by atoms with Crippen molar-refractivity contribution < 1.29 is 18.3 Å². The highest BCUT2D eigenvalue weighted by Crippen LogP contribution is 2.31. The van der Waals surface area contributed by atoms with Crippen LogP contribution in [0.2, 0.25) is 0 Å². The number of hydrogen-bond donors (Lipinski definition) is 0. The average Bonchev–Trinajstić information content (AvgIpc) is 2.65. The zero-order valence-electron chi connectivity index (χ0n) is 15.2. The third-order valence-electron chi connectivity index (χ3n) is 4.69. The van der Waals surface area contributed by atoms with E-state index in [2.05, 4.69) is 6.08 Å². The Balaban J connectivity index is 1.67. The van der Waals surface area contributed by atoms with Gasteiger partial charge in [-0.1, -0.05) is 36.4 Å². The summed E-state index contributed by atoms with van der Waals surface area (Å²) in [4.78, 5) is 0. The zero-order valence-corrected chi connectivity index (χ0v) is 15.2. The molecule has 26 heavy (non-hydrogen) atoms. The molecule has 0 saturated carbocycles. The fraction of sp³-hybridized carbons (Fsp3) is 0.364. The van der Waals surface area contributed by atoms with E-state index >= 15 is 0 Å². The first-order valence-corrected chi connectivity index (χ1v) is 8.99. The lowest BCUT2D eigenvalue weighted by Gasteiger charge is -2.29. The van der Waals surface area contributed by atoms with Gasteiger partial charge in [-0.15, -0.1) is 0 Å². The molecular weight excluding hydrogens is 334 g/mol. The van der Waals surface area contributed by atoms with Gasteiger partial charge in [0, 0.05) is 17.0 Å². The number of allylic oxidation sites excluding steroid dienone is 2. The van der Waals surface area contributed by atoms with E-state index in [0.29, 0.717) is 41.4 Å². The maximum Gasteiger partial charge on any atom is 0.183 e. The normalized spacial score (nSPS) is 20.6. The Morgan fingerprint density at radius 2 is 1.81 bits per heavy atom. The van der Waals surface area contributed by atoms with E-state index in [1.54, 1.807) is 31.2 Å². The Morgan fingerprint density at radius 1 is 1.04 bits per heavy atom. The Bertz CT molecular complexity index is 778. The molecule has 1 heterocycles. The summed E-state index contributed by atoms with van der Waals surface area (Å²) in [5, 5.41) is 0. The molecule has 0 unspecified atom stereocenters. The summed E-state index contributed by atoms with van der Waals surface area (Å²) in [6, 6.07) is 9.58. The van der Waals surface area contributed by atoms with Gasteiger partial charge in [0.05, 0.1) is 13.2 Å². The van der Waals surface area contributed by atoms with E-state index in [0.717, 1.165) is 12.8 Å². The van der Waals surface area contributed by atoms with Crippen molar-refractivity contribution in [3.63, 3.8) is 0 Å². The van der Waals surface area contributed by atoms with Crippen LogP contribution in [0.15, 0.2) is 48.6 Å². The number of rotatable bonds is 5. The van der Waals surface area contributed by atoms with Gasteiger partial charge in [0.1, 0.15) is 11.6 Å². The molecule has 138 valence electrons. The predicted molar refractivity (Wildman–Crippen MR) is 98.7 cm³/mol.